The van der Waals surface area contributed by atoms with Gasteiger partial charge in [0.15, 0.2) is 0 Å². The summed E-state index contributed by atoms with van der Waals surface area (Å²) in [5.41, 5.74) is 2.06. The number of β-amino-alcohol motifs (C(OH)–C–C–N with tert-alkyl or cyclic N) is 1. The molecule has 2 aliphatic rings. The highest BCUT2D eigenvalue weighted by Crippen LogP contribution is 2.38. The number of alkyl halides is 3. The second-order valence-electron chi connectivity index (χ2n) is 11.2. The van der Waals surface area contributed by atoms with Gasteiger partial charge in [-0.3, -0.25) is 4.79 Å². The summed E-state index contributed by atoms with van der Waals surface area (Å²) in [7, 11) is 2.05. The average molecular weight is 518 g/mol. The first-order chi connectivity index (χ1) is 17.4. The Morgan fingerprint density at radius 2 is 1.51 bits per heavy atom. The number of likely N-dealkylation sites (tertiary alicyclic amines) is 2. The highest BCUT2D eigenvalue weighted by atomic mass is 19.4. The number of rotatable bonds is 6. The minimum absolute atomic E-state index is 0.0337. The smallest absolute Gasteiger partial charge is 0.391 e. The zero-order chi connectivity index (χ0) is 26.8. The molecule has 202 valence electrons. The SMILES string of the molecule is CN(c1ccc(-c2ccc(C(=O)N3CCC[C@@H](O)C3)cc2)cc1)C1CCN(CC(C)(C)C(F)(F)F)CC1. The maximum atomic E-state index is 13.3. The number of carbonyl (C=O) groups excluding carboxylic acids is 1. The molecule has 8 heteroatoms. The molecule has 0 unspecified atom stereocenters. The van der Waals surface area contributed by atoms with Crippen LogP contribution in [0.2, 0.25) is 0 Å². The molecule has 37 heavy (non-hydrogen) atoms. The summed E-state index contributed by atoms with van der Waals surface area (Å²) in [6.45, 7) is 4.97. The molecule has 0 aromatic heterocycles. The van der Waals surface area contributed by atoms with Gasteiger partial charge < -0.3 is 19.8 Å². The average Bonchev–Trinajstić information content (AvgIpc) is 2.88. The molecule has 5 nitrogen and oxygen atoms in total. The van der Waals surface area contributed by atoms with Crippen molar-refractivity contribution in [2.75, 3.05) is 44.7 Å². The first-order valence-corrected chi connectivity index (χ1v) is 13.1. The molecular formula is C29H38F3N3O2. The van der Waals surface area contributed by atoms with E-state index in [1.807, 2.05) is 36.2 Å². The molecular weight excluding hydrogens is 479 g/mol. The normalized spacial score (nSPS) is 20.2. The van der Waals surface area contributed by atoms with Crippen LogP contribution in [-0.4, -0.2) is 78.9 Å². The van der Waals surface area contributed by atoms with Gasteiger partial charge in [0.2, 0.25) is 0 Å². The summed E-state index contributed by atoms with van der Waals surface area (Å²) < 4.78 is 39.8. The van der Waals surface area contributed by atoms with Gasteiger partial charge in [-0.2, -0.15) is 13.2 Å². The molecule has 4 rings (SSSR count). The van der Waals surface area contributed by atoms with Crippen LogP contribution in [0.3, 0.4) is 0 Å². The van der Waals surface area contributed by atoms with Crippen molar-refractivity contribution in [3.05, 3.63) is 54.1 Å². The van der Waals surface area contributed by atoms with Crippen LogP contribution < -0.4 is 4.90 Å². The van der Waals surface area contributed by atoms with E-state index in [-0.39, 0.29) is 18.5 Å². The van der Waals surface area contributed by atoms with E-state index < -0.39 is 17.7 Å². The van der Waals surface area contributed by atoms with E-state index in [1.54, 1.807) is 4.90 Å². The lowest BCUT2D eigenvalue weighted by molar-refractivity contribution is -0.217. The highest BCUT2D eigenvalue weighted by molar-refractivity contribution is 5.94. The lowest BCUT2D eigenvalue weighted by Crippen LogP contribution is -2.49. The van der Waals surface area contributed by atoms with Gasteiger partial charge in [-0.15, -0.1) is 0 Å². The predicted octanol–water partition coefficient (Wildman–Crippen LogP) is 5.44. The van der Waals surface area contributed by atoms with E-state index >= 15 is 0 Å². The topological polar surface area (TPSA) is 47.0 Å². The fourth-order valence-corrected chi connectivity index (χ4v) is 5.34. The molecule has 0 saturated carbocycles. The van der Waals surface area contributed by atoms with Gasteiger partial charge in [0.25, 0.3) is 5.91 Å². The molecule has 2 fully saturated rings. The fraction of sp³-hybridized carbons (Fsp3) is 0.552. The highest BCUT2D eigenvalue weighted by Gasteiger charge is 2.48. The number of aliphatic hydroxyl groups is 1. The fourth-order valence-electron chi connectivity index (χ4n) is 5.34. The Morgan fingerprint density at radius 1 is 0.946 bits per heavy atom. The Bertz CT molecular complexity index is 1050. The Morgan fingerprint density at radius 3 is 2.05 bits per heavy atom. The van der Waals surface area contributed by atoms with Crippen LogP contribution in [0.25, 0.3) is 11.1 Å². The Labute approximate surface area is 217 Å². The van der Waals surface area contributed by atoms with E-state index in [1.165, 1.54) is 13.8 Å². The van der Waals surface area contributed by atoms with Crippen LogP contribution in [0.4, 0.5) is 18.9 Å². The molecule has 2 heterocycles. The quantitative estimate of drug-likeness (QED) is 0.555. The van der Waals surface area contributed by atoms with Gasteiger partial charge in [-0.25, -0.2) is 0 Å². The van der Waals surface area contributed by atoms with Crippen molar-refractivity contribution in [2.24, 2.45) is 5.41 Å². The number of carbonyl (C=O) groups is 1. The second kappa shape index (κ2) is 11.0. The number of hydrogen-bond donors (Lipinski definition) is 1. The third kappa shape index (κ3) is 6.47. The predicted molar refractivity (Wildman–Crippen MR) is 141 cm³/mol. The van der Waals surface area contributed by atoms with Gasteiger partial charge in [0, 0.05) is 57.1 Å². The summed E-state index contributed by atoms with van der Waals surface area (Å²) in [6, 6.07) is 16.1. The van der Waals surface area contributed by atoms with Crippen LogP contribution >= 0.6 is 0 Å². The van der Waals surface area contributed by atoms with Crippen molar-refractivity contribution in [1.82, 2.24) is 9.80 Å². The number of nitrogens with zero attached hydrogens (tertiary/aromatic N) is 3. The molecule has 0 spiro atoms. The number of hydrogen-bond acceptors (Lipinski definition) is 4. The van der Waals surface area contributed by atoms with E-state index in [4.69, 9.17) is 0 Å². The maximum Gasteiger partial charge on any atom is 0.395 e. The van der Waals surface area contributed by atoms with Crippen LogP contribution in [0.1, 0.15) is 49.9 Å². The van der Waals surface area contributed by atoms with Crippen LogP contribution in [0.5, 0.6) is 0 Å². The van der Waals surface area contributed by atoms with Crippen molar-refractivity contribution in [3.63, 3.8) is 0 Å². The monoisotopic (exact) mass is 517 g/mol. The van der Waals surface area contributed by atoms with Gasteiger partial charge in [0.1, 0.15) is 0 Å². The van der Waals surface area contributed by atoms with Gasteiger partial charge in [-0.1, -0.05) is 24.3 Å². The molecule has 0 bridgehead atoms. The largest absolute Gasteiger partial charge is 0.395 e. The molecule has 2 aliphatic heterocycles. The minimum Gasteiger partial charge on any atom is -0.391 e. The van der Waals surface area contributed by atoms with E-state index in [0.29, 0.717) is 31.7 Å². The Kier molecular flexibility index (Phi) is 8.19. The second-order valence-corrected chi connectivity index (χ2v) is 11.2. The van der Waals surface area contributed by atoms with E-state index in [0.717, 1.165) is 42.5 Å². The zero-order valence-electron chi connectivity index (χ0n) is 22.0. The molecule has 0 aliphatic carbocycles. The number of anilines is 1. The molecule has 1 N–H and O–H groups in total. The molecule has 2 saturated heterocycles. The summed E-state index contributed by atoms with van der Waals surface area (Å²) >= 11 is 0. The number of halogens is 3. The van der Waals surface area contributed by atoms with Crippen LogP contribution in [0, 0.1) is 5.41 Å². The molecule has 2 aromatic rings. The standard InChI is InChI=1S/C29H38F3N3O2/c1-28(2,29(30,31)32)20-34-17-14-25(15-18-34)33(3)24-12-10-22(11-13-24)21-6-8-23(9-7-21)27(37)35-16-4-5-26(36)19-35/h6-13,25-26,36H,4-5,14-20H2,1-3H3/t26-/m1/s1. The summed E-state index contributed by atoms with van der Waals surface area (Å²) in [6.07, 6.45) is -1.42. The van der Waals surface area contributed by atoms with E-state index in [2.05, 4.69) is 29.2 Å². The Balaban J connectivity index is 1.33. The Hall–Kier alpha value is -2.58. The number of amides is 1. The lowest BCUT2D eigenvalue weighted by Gasteiger charge is -2.41. The summed E-state index contributed by atoms with van der Waals surface area (Å²) in [4.78, 5) is 18.6. The summed E-state index contributed by atoms with van der Waals surface area (Å²) in [5, 5.41) is 9.85. The van der Waals surface area contributed by atoms with Crippen molar-refractivity contribution in [3.8, 4) is 11.1 Å². The number of benzene rings is 2. The molecule has 0 radical (unpaired) electrons. The van der Waals surface area contributed by atoms with Gasteiger partial charge in [-0.05, 0) is 74.9 Å². The van der Waals surface area contributed by atoms with Crippen LogP contribution in [0.15, 0.2) is 48.5 Å². The van der Waals surface area contributed by atoms with Crippen molar-refractivity contribution in [1.29, 1.82) is 0 Å². The van der Waals surface area contributed by atoms with Gasteiger partial charge >= 0.3 is 6.18 Å². The molecule has 1 amide bonds. The van der Waals surface area contributed by atoms with E-state index in [9.17, 15) is 23.1 Å². The van der Waals surface area contributed by atoms with Crippen molar-refractivity contribution >= 4 is 11.6 Å². The first kappa shape index (κ1) is 27.5. The maximum absolute atomic E-state index is 13.3. The van der Waals surface area contributed by atoms with Crippen molar-refractivity contribution < 1.29 is 23.1 Å². The third-order valence-electron chi connectivity index (χ3n) is 7.91. The molecule has 2 aromatic carbocycles. The van der Waals surface area contributed by atoms with Crippen LogP contribution in [-0.2, 0) is 0 Å². The molecule has 1 atom stereocenters. The third-order valence-corrected chi connectivity index (χ3v) is 7.91. The first-order valence-electron chi connectivity index (χ1n) is 13.1. The minimum atomic E-state index is -4.20. The number of piperidine rings is 2. The zero-order valence-corrected chi connectivity index (χ0v) is 22.0. The lowest BCUT2D eigenvalue weighted by atomic mass is 9.90. The summed E-state index contributed by atoms with van der Waals surface area (Å²) in [5.74, 6) is -0.0460. The number of aliphatic hydroxyl groups excluding tert-OH is 1. The van der Waals surface area contributed by atoms with Gasteiger partial charge in [0.05, 0.1) is 11.5 Å². The van der Waals surface area contributed by atoms with Crippen molar-refractivity contribution in [2.45, 2.75) is 57.9 Å².